The molecule has 0 aliphatic heterocycles. The van der Waals surface area contributed by atoms with Crippen LogP contribution in [0.15, 0.2) is 36.4 Å². The summed E-state index contributed by atoms with van der Waals surface area (Å²) in [5.41, 5.74) is 2.89. The predicted molar refractivity (Wildman–Crippen MR) is 92.4 cm³/mol. The van der Waals surface area contributed by atoms with Gasteiger partial charge >= 0.3 is 0 Å². The Balaban J connectivity index is 2.56. The maximum absolute atomic E-state index is 14.6. The minimum absolute atomic E-state index is 0.183. The van der Waals surface area contributed by atoms with Crippen molar-refractivity contribution in [3.63, 3.8) is 0 Å². The van der Waals surface area contributed by atoms with Gasteiger partial charge in [-0.3, -0.25) is 0 Å². The summed E-state index contributed by atoms with van der Waals surface area (Å²) in [6.07, 6.45) is 0. The molecule has 1 atom stereocenters. The molecule has 0 heterocycles. The van der Waals surface area contributed by atoms with E-state index >= 15 is 0 Å². The highest BCUT2D eigenvalue weighted by molar-refractivity contribution is 14.1. The molecule has 112 valence electrons. The average Bonchev–Trinajstić information content (AvgIpc) is 2.49. The lowest BCUT2D eigenvalue weighted by Gasteiger charge is -2.22. The Morgan fingerprint density at radius 1 is 1.19 bits per heavy atom. The van der Waals surface area contributed by atoms with Crippen molar-refractivity contribution in [2.75, 3.05) is 13.7 Å². The maximum Gasteiger partial charge on any atom is 0.170 e. The van der Waals surface area contributed by atoms with Crippen LogP contribution in [0.25, 0.3) is 0 Å². The van der Waals surface area contributed by atoms with Gasteiger partial charge in [0, 0.05) is 9.13 Å². The molecule has 1 unspecified atom stereocenters. The third-order valence-corrected chi connectivity index (χ3v) is 4.94. The van der Waals surface area contributed by atoms with Gasteiger partial charge in [0.2, 0.25) is 0 Å². The van der Waals surface area contributed by atoms with E-state index in [4.69, 9.17) is 4.74 Å². The van der Waals surface area contributed by atoms with E-state index in [1.54, 1.807) is 6.07 Å². The second-order valence-corrected chi connectivity index (χ2v) is 5.91. The molecule has 21 heavy (non-hydrogen) atoms. The summed E-state index contributed by atoms with van der Waals surface area (Å²) < 4.78 is 20.9. The molecule has 0 aliphatic rings. The fourth-order valence-electron chi connectivity index (χ4n) is 2.39. The number of ether oxygens (including phenoxy) is 1. The third kappa shape index (κ3) is 3.37. The van der Waals surface area contributed by atoms with Crippen LogP contribution in [-0.4, -0.2) is 13.7 Å². The molecule has 4 heteroatoms. The first-order valence-electron chi connectivity index (χ1n) is 6.91. The van der Waals surface area contributed by atoms with Crippen molar-refractivity contribution in [1.29, 1.82) is 0 Å². The third-order valence-electron chi connectivity index (χ3n) is 3.46. The number of halogens is 2. The minimum atomic E-state index is -0.303. The topological polar surface area (TPSA) is 21.3 Å². The van der Waals surface area contributed by atoms with Crippen LogP contribution in [0.3, 0.4) is 0 Å². The molecular weight excluding hydrogens is 380 g/mol. The van der Waals surface area contributed by atoms with Crippen molar-refractivity contribution in [2.24, 2.45) is 0 Å². The van der Waals surface area contributed by atoms with Gasteiger partial charge in [0.05, 0.1) is 13.2 Å². The van der Waals surface area contributed by atoms with E-state index in [-0.39, 0.29) is 17.6 Å². The molecule has 0 spiro atoms. The van der Waals surface area contributed by atoms with Crippen LogP contribution in [0.4, 0.5) is 4.39 Å². The number of hydrogen-bond acceptors (Lipinski definition) is 2. The lowest BCUT2D eigenvalue weighted by Crippen LogP contribution is -2.24. The van der Waals surface area contributed by atoms with Gasteiger partial charge in [0.25, 0.3) is 0 Å². The zero-order valence-electron chi connectivity index (χ0n) is 12.4. The molecule has 2 nitrogen and oxygen atoms in total. The van der Waals surface area contributed by atoms with Crippen LogP contribution in [-0.2, 0) is 0 Å². The first-order chi connectivity index (χ1) is 10.1. The van der Waals surface area contributed by atoms with Crippen molar-refractivity contribution in [3.8, 4) is 5.75 Å². The largest absolute Gasteiger partial charge is 0.494 e. The molecule has 2 aromatic carbocycles. The molecule has 0 fully saturated rings. The van der Waals surface area contributed by atoms with Crippen molar-refractivity contribution in [1.82, 2.24) is 5.32 Å². The molecule has 0 amide bonds. The van der Waals surface area contributed by atoms with Gasteiger partial charge < -0.3 is 10.1 Å². The summed E-state index contributed by atoms with van der Waals surface area (Å²) in [5, 5.41) is 3.38. The molecule has 0 aliphatic carbocycles. The first-order valence-corrected chi connectivity index (χ1v) is 7.98. The molecule has 0 aromatic heterocycles. The molecule has 0 saturated heterocycles. The van der Waals surface area contributed by atoms with Crippen molar-refractivity contribution in [3.05, 3.63) is 62.5 Å². The molecule has 0 saturated carbocycles. The summed E-state index contributed by atoms with van der Waals surface area (Å²) in [7, 11) is 1.49. The van der Waals surface area contributed by atoms with Crippen molar-refractivity contribution < 1.29 is 9.13 Å². The zero-order valence-corrected chi connectivity index (χ0v) is 14.6. The second kappa shape index (κ2) is 7.22. The standard InChI is InChI=1S/C17H19FINO/c1-4-20-17(13-9-5-7-11(2)16(13)19)12-8-6-10-14(21-3)15(12)18/h5-10,17,20H,4H2,1-3H3. The number of benzene rings is 2. The summed E-state index contributed by atoms with van der Waals surface area (Å²) >= 11 is 2.32. The fourth-order valence-corrected chi connectivity index (χ4v) is 3.06. The molecule has 0 bridgehead atoms. The van der Waals surface area contributed by atoms with Gasteiger partial charge in [-0.15, -0.1) is 0 Å². The Labute approximate surface area is 138 Å². The molecule has 2 rings (SSSR count). The monoisotopic (exact) mass is 399 g/mol. The van der Waals surface area contributed by atoms with Crippen LogP contribution in [0.1, 0.15) is 29.7 Å². The zero-order chi connectivity index (χ0) is 15.4. The number of aryl methyl sites for hydroxylation is 1. The molecular formula is C17H19FINO. The SMILES string of the molecule is CCNC(c1cccc(OC)c1F)c1cccc(C)c1I. The van der Waals surface area contributed by atoms with E-state index in [0.717, 1.165) is 15.7 Å². The fraction of sp³-hybridized carbons (Fsp3) is 0.294. The van der Waals surface area contributed by atoms with E-state index in [1.165, 1.54) is 12.7 Å². The number of hydrogen-bond donors (Lipinski definition) is 1. The first kappa shape index (κ1) is 16.2. The Morgan fingerprint density at radius 2 is 1.86 bits per heavy atom. The summed E-state index contributed by atoms with van der Waals surface area (Å²) in [4.78, 5) is 0. The Morgan fingerprint density at radius 3 is 2.52 bits per heavy atom. The molecule has 0 radical (unpaired) electrons. The normalized spacial score (nSPS) is 12.2. The van der Waals surface area contributed by atoms with E-state index in [1.807, 2.05) is 31.2 Å². The lowest BCUT2D eigenvalue weighted by atomic mass is 9.96. The maximum atomic E-state index is 14.6. The predicted octanol–water partition coefficient (Wildman–Crippen LogP) is 4.45. The lowest BCUT2D eigenvalue weighted by molar-refractivity contribution is 0.381. The van der Waals surface area contributed by atoms with Gasteiger partial charge in [-0.1, -0.05) is 37.3 Å². The van der Waals surface area contributed by atoms with Crippen molar-refractivity contribution in [2.45, 2.75) is 19.9 Å². The van der Waals surface area contributed by atoms with Crippen LogP contribution in [0.5, 0.6) is 5.75 Å². The van der Waals surface area contributed by atoms with E-state index in [0.29, 0.717) is 5.56 Å². The van der Waals surface area contributed by atoms with Crippen LogP contribution in [0, 0.1) is 16.3 Å². The summed E-state index contributed by atoms with van der Waals surface area (Å²) in [5.74, 6) is -0.0266. The highest BCUT2D eigenvalue weighted by Gasteiger charge is 2.21. The second-order valence-electron chi connectivity index (χ2n) is 4.83. The van der Waals surface area contributed by atoms with Crippen LogP contribution in [0.2, 0.25) is 0 Å². The van der Waals surface area contributed by atoms with Gasteiger partial charge in [-0.25, -0.2) is 4.39 Å². The van der Waals surface area contributed by atoms with Crippen molar-refractivity contribution >= 4 is 22.6 Å². The van der Waals surface area contributed by atoms with Gasteiger partial charge in [-0.2, -0.15) is 0 Å². The van der Waals surface area contributed by atoms with Gasteiger partial charge in [0.15, 0.2) is 11.6 Å². The van der Waals surface area contributed by atoms with E-state index < -0.39 is 0 Å². The Bertz CT molecular complexity index is 630. The average molecular weight is 399 g/mol. The van der Waals surface area contributed by atoms with E-state index in [9.17, 15) is 4.39 Å². The molecule has 2 aromatic rings. The highest BCUT2D eigenvalue weighted by Crippen LogP contribution is 2.32. The van der Waals surface area contributed by atoms with E-state index in [2.05, 4.69) is 40.9 Å². The number of methoxy groups -OCH3 is 1. The smallest absolute Gasteiger partial charge is 0.170 e. The molecule has 1 N–H and O–H groups in total. The number of rotatable bonds is 5. The summed E-state index contributed by atoms with van der Waals surface area (Å²) in [6.45, 7) is 4.84. The quantitative estimate of drug-likeness (QED) is 0.751. The van der Waals surface area contributed by atoms with Crippen LogP contribution < -0.4 is 10.1 Å². The van der Waals surface area contributed by atoms with Crippen LogP contribution >= 0.6 is 22.6 Å². The Kier molecular flexibility index (Phi) is 5.58. The van der Waals surface area contributed by atoms with Gasteiger partial charge in [0.1, 0.15) is 0 Å². The summed E-state index contributed by atoms with van der Waals surface area (Å²) in [6, 6.07) is 11.2. The highest BCUT2D eigenvalue weighted by atomic mass is 127. The Hall–Kier alpha value is -1.14. The number of nitrogens with one attached hydrogen (secondary N) is 1. The minimum Gasteiger partial charge on any atom is -0.494 e. The van der Waals surface area contributed by atoms with Gasteiger partial charge in [-0.05, 0) is 53.3 Å².